The number of fused-ring (bicyclic) bond motifs is 2. The molecule has 1 aromatic carbocycles. The first-order chi connectivity index (χ1) is 18.3. The zero-order valence-corrected chi connectivity index (χ0v) is 20.3. The van der Waals surface area contributed by atoms with E-state index in [4.69, 9.17) is 4.74 Å². The molecule has 7 nitrogen and oxygen atoms in total. The normalized spacial score (nSPS) is 14.4. The van der Waals surface area contributed by atoms with Crippen molar-refractivity contribution >= 4 is 21.8 Å². The van der Waals surface area contributed by atoms with Crippen LogP contribution in [0.5, 0.6) is 5.75 Å². The molecule has 0 saturated heterocycles. The van der Waals surface area contributed by atoms with Gasteiger partial charge in [0.25, 0.3) is 0 Å². The maximum Gasteiger partial charge on any atom is 0.138 e. The highest BCUT2D eigenvalue weighted by Gasteiger charge is 2.17. The maximum atomic E-state index is 6.25. The number of nitrogens with zero attached hydrogens (tertiary/aromatic N) is 4. The molecule has 0 spiro atoms. The fraction of sp³-hybridized carbons (Fsp3) is 0.200. The van der Waals surface area contributed by atoms with E-state index in [1.165, 1.54) is 19.3 Å². The van der Waals surface area contributed by atoms with Gasteiger partial charge in [0.15, 0.2) is 0 Å². The van der Waals surface area contributed by atoms with Crippen LogP contribution in [0.4, 0.5) is 0 Å². The van der Waals surface area contributed by atoms with Gasteiger partial charge in [-0.25, -0.2) is 0 Å². The third kappa shape index (κ3) is 4.12. The third-order valence-corrected chi connectivity index (χ3v) is 7.22. The molecule has 7 heteroatoms. The Hall–Kier alpha value is -4.52. The Kier molecular flexibility index (Phi) is 5.39. The van der Waals surface area contributed by atoms with Gasteiger partial charge in [-0.05, 0) is 73.2 Å². The first kappa shape index (κ1) is 21.7. The minimum absolute atomic E-state index is 0.278. The predicted octanol–water partition coefficient (Wildman–Crippen LogP) is 6.94. The molecule has 5 aromatic heterocycles. The summed E-state index contributed by atoms with van der Waals surface area (Å²) in [6.45, 7) is 0. The van der Waals surface area contributed by atoms with Gasteiger partial charge in [-0.15, -0.1) is 0 Å². The van der Waals surface area contributed by atoms with E-state index in [0.717, 1.165) is 74.2 Å². The predicted molar refractivity (Wildman–Crippen MR) is 145 cm³/mol. The summed E-state index contributed by atoms with van der Waals surface area (Å²) in [6, 6.07) is 16.6. The van der Waals surface area contributed by atoms with Gasteiger partial charge in [0.2, 0.25) is 0 Å². The zero-order valence-electron chi connectivity index (χ0n) is 20.3. The van der Waals surface area contributed by atoms with Crippen molar-refractivity contribution in [3.8, 4) is 39.5 Å². The Morgan fingerprint density at radius 1 is 0.784 bits per heavy atom. The standard InChI is InChI=1S/C30H26N6O/c1-2-5-21(6-3-1)37-22-13-20(16-32-17-22)27-15-25-29(18-33-27)35-36-30(25)28-14-24-23(7-4-8-26(24)34-28)19-9-11-31-12-10-19/h4,7-18,21,34H,1-3,5-6H2,(H,35,36). The zero-order chi connectivity index (χ0) is 24.6. The van der Waals surface area contributed by atoms with E-state index in [1.54, 1.807) is 6.20 Å². The number of aromatic amines is 2. The van der Waals surface area contributed by atoms with E-state index in [2.05, 4.69) is 60.5 Å². The molecule has 0 radical (unpaired) electrons. The van der Waals surface area contributed by atoms with Crippen molar-refractivity contribution in [3.63, 3.8) is 0 Å². The second-order valence-electron chi connectivity index (χ2n) is 9.66. The number of hydrogen-bond acceptors (Lipinski definition) is 5. The Bertz CT molecular complexity index is 1700. The molecule has 0 unspecified atom stereocenters. The first-order valence-corrected chi connectivity index (χ1v) is 12.8. The second kappa shape index (κ2) is 9.17. The van der Waals surface area contributed by atoms with Crippen LogP contribution in [0.15, 0.2) is 79.5 Å². The molecule has 1 saturated carbocycles. The smallest absolute Gasteiger partial charge is 0.138 e. The number of aromatic nitrogens is 6. The van der Waals surface area contributed by atoms with Gasteiger partial charge in [0, 0.05) is 40.4 Å². The molecular weight excluding hydrogens is 460 g/mol. The highest BCUT2D eigenvalue weighted by atomic mass is 16.5. The largest absolute Gasteiger partial charge is 0.489 e. The summed E-state index contributed by atoms with van der Waals surface area (Å²) in [7, 11) is 0. The lowest BCUT2D eigenvalue weighted by Gasteiger charge is -2.22. The molecule has 2 N–H and O–H groups in total. The van der Waals surface area contributed by atoms with Crippen LogP contribution in [0.3, 0.4) is 0 Å². The molecule has 37 heavy (non-hydrogen) atoms. The number of pyridine rings is 3. The van der Waals surface area contributed by atoms with Crippen LogP contribution in [0.25, 0.3) is 55.6 Å². The Morgan fingerprint density at radius 2 is 1.68 bits per heavy atom. The van der Waals surface area contributed by atoms with Crippen LogP contribution in [-0.4, -0.2) is 36.2 Å². The third-order valence-electron chi connectivity index (χ3n) is 7.22. The summed E-state index contributed by atoms with van der Waals surface area (Å²) < 4.78 is 6.25. The lowest BCUT2D eigenvalue weighted by atomic mass is 9.98. The number of benzene rings is 1. The van der Waals surface area contributed by atoms with Gasteiger partial charge < -0.3 is 9.72 Å². The van der Waals surface area contributed by atoms with Crippen molar-refractivity contribution < 1.29 is 4.74 Å². The summed E-state index contributed by atoms with van der Waals surface area (Å²) >= 11 is 0. The van der Waals surface area contributed by atoms with E-state index in [1.807, 2.05) is 43.0 Å². The van der Waals surface area contributed by atoms with E-state index in [9.17, 15) is 0 Å². The van der Waals surface area contributed by atoms with Crippen molar-refractivity contribution in [2.24, 2.45) is 0 Å². The molecule has 0 amide bonds. The minimum Gasteiger partial charge on any atom is -0.489 e. The van der Waals surface area contributed by atoms with Crippen molar-refractivity contribution in [1.82, 2.24) is 30.1 Å². The molecule has 5 heterocycles. The second-order valence-corrected chi connectivity index (χ2v) is 9.66. The van der Waals surface area contributed by atoms with Gasteiger partial charge >= 0.3 is 0 Å². The molecule has 0 atom stereocenters. The fourth-order valence-electron chi connectivity index (χ4n) is 5.34. The van der Waals surface area contributed by atoms with E-state index < -0.39 is 0 Å². The van der Waals surface area contributed by atoms with Crippen molar-refractivity contribution in [2.75, 3.05) is 0 Å². The molecular formula is C30H26N6O. The van der Waals surface area contributed by atoms with Gasteiger partial charge in [-0.3, -0.25) is 20.1 Å². The van der Waals surface area contributed by atoms with Crippen molar-refractivity contribution in [3.05, 3.63) is 79.5 Å². The summed E-state index contributed by atoms with van der Waals surface area (Å²) in [5.74, 6) is 0.804. The summed E-state index contributed by atoms with van der Waals surface area (Å²) in [5.41, 5.74) is 7.81. The summed E-state index contributed by atoms with van der Waals surface area (Å²) in [5, 5.41) is 9.93. The Balaban J connectivity index is 1.26. The maximum absolute atomic E-state index is 6.25. The van der Waals surface area contributed by atoms with Crippen LogP contribution in [0, 0.1) is 0 Å². The molecule has 0 aliphatic heterocycles. The summed E-state index contributed by atoms with van der Waals surface area (Å²) in [6.07, 6.45) is 15.4. The monoisotopic (exact) mass is 486 g/mol. The average molecular weight is 487 g/mol. The quantitative estimate of drug-likeness (QED) is 0.275. The lowest BCUT2D eigenvalue weighted by molar-refractivity contribution is 0.154. The van der Waals surface area contributed by atoms with E-state index in [-0.39, 0.29) is 6.10 Å². The molecule has 1 aliphatic carbocycles. The van der Waals surface area contributed by atoms with Crippen LogP contribution >= 0.6 is 0 Å². The Morgan fingerprint density at radius 3 is 2.57 bits per heavy atom. The van der Waals surface area contributed by atoms with Crippen molar-refractivity contribution in [1.29, 1.82) is 0 Å². The minimum atomic E-state index is 0.278. The highest BCUT2D eigenvalue weighted by molar-refractivity contribution is 6.01. The topological polar surface area (TPSA) is 92.4 Å². The first-order valence-electron chi connectivity index (χ1n) is 12.8. The number of ether oxygens (including phenoxy) is 1. The Labute approximate surface area is 214 Å². The number of hydrogen-bond donors (Lipinski definition) is 2. The van der Waals surface area contributed by atoms with E-state index in [0.29, 0.717) is 0 Å². The molecule has 6 aromatic rings. The van der Waals surface area contributed by atoms with Crippen molar-refractivity contribution in [2.45, 2.75) is 38.2 Å². The number of rotatable bonds is 5. The van der Waals surface area contributed by atoms with Gasteiger partial charge in [-0.1, -0.05) is 18.6 Å². The molecule has 7 rings (SSSR count). The summed E-state index contributed by atoms with van der Waals surface area (Å²) in [4.78, 5) is 16.9. The fourth-order valence-corrected chi connectivity index (χ4v) is 5.34. The van der Waals surface area contributed by atoms with Crippen LogP contribution < -0.4 is 4.74 Å². The van der Waals surface area contributed by atoms with Gasteiger partial charge in [-0.2, -0.15) is 5.10 Å². The number of H-pyrrole nitrogens is 2. The molecule has 0 bridgehead atoms. The molecule has 182 valence electrons. The number of nitrogens with one attached hydrogen (secondary N) is 2. The van der Waals surface area contributed by atoms with Gasteiger partial charge in [0.05, 0.1) is 35.4 Å². The molecule has 1 aliphatic rings. The van der Waals surface area contributed by atoms with Crippen LogP contribution in [0.1, 0.15) is 32.1 Å². The molecule has 1 fully saturated rings. The van der Waals surface area contributed by atoms with E-state index >= 15 is 0 Å². The van der Waals surface area contributed by atoms with Gasteiger partial charge in [0.1, 0.15) is 11.4 Å². The SMILES string of the molecule is c1cc(-c2ccncc2)c2cc(-c3n[nH]c4cnc(-c5cncc(OC6CCCCC6)c5)cc34)[nH]c2c1. The lowest BCUT2D eigenvalue weighted by Crippen LogP contribution is -2.19. The highest BCUT2D eigenvalue weighted by Crippen LogP contribution is 2.35. The van der Waals surface area contributed by atoms with Crippen LogP contribution in [0.2, 0.25) is 0 Å². The van der Waals surface area contributed by atoms with Crippen LogP contribution in [-0.2, 0) is 0 Å². The average Bonchev–Trinajstić information content (AvgIpc) is 3.58.